The third-order valence-corrected chi connectivity index (χ3v) is 1.85. The Morgan fingerprint density at radius 3 is 2.32 bits per heavy atom. The summed E-state index contributed by atoms with van der Waals surface area (Å²) in [4.78, 5) is 11.7. The molecule has 0 fully saturated rings. The molecule has 1 aromatic carbocycles. The van der Waals surface area contributed by atoms with Crippen LogP contribution in [0.4, 0.5) is 18.9 Å². The minimum absolute atomic E-state index is 0.674. The summed E-state index contributed by atoms with van der Waals surface area (Å²) in [6, 6.07) is -3.66. The van der Waals surface area contributed by atoms with Gasteiger partial charge in [-0.2, -0.15) is 18.4 Å². The predicted molar refractivity (Wildman–Crippen MR) is 61.0 cm³/mol. The fourth-order valence-corrected chi connectivity index (χ4v) is 0.989. The van der Waals surface area contributed by atoms with E-state index in [9.17, 15) is 18.0 Å². The van der Waals surface area contributed by atoms with E-state index < -0.39 is 58.8 Å². The maximum atomic E-state index is 12.8. The fourth-order valence-electron chi connectivity index (χ4n) is 0.989. The summed E-state index contributed by atoms with van der Waals surface area (Å²) in [5.41, 5.74) is -3.37. The maximum Gasteiger partial charge on any atom is 0.416 e. The topological polar surface area (TPSA) is 73.1 Å². The molecule has 0 bridgehead atoms. The van der Waals surface area contributed by atoms with Gasteiger partial charge >= 0.3 is 6.18 Å². The lowest BCUT2D eigenvalue weighted by Gasteiger charge is -2.08. The molecule has 4 nitrogen and oxygen atoms in total. The Labute approximate surface area is 112 Å². The summed E-state index contributed by atoms with van der Waals surface area (Å²) in [6.07, 6.45) is -5.11. The first-order valence-corrected chi connectivity index (χ1v) is 4.72. The van der Waals surface area contributed by atoms with Gasteiger partial charge in [0.25, 0.3) is 5.91 Å². The minimum atomic E-state index is -5.11. The van der Waals surface area contributed by atoms with Gasteiger partial charge in [-0.25, -0.2) is 0 Å². The second kappa shape index (κ2) is 5.44. The van der Waals surface area contributed by atoms with Crippen molar-refractivity contribution < 1.29 is 28.6 Å². The number of aliphatic hydroxyl groups excluding tert-OH is 1. The summed E-state index contributed by atoms with van der Waals surface area (Å²) in [7, 11) is 0. The quantitative estimate of drug-likeness (QED) is 0.494. The molecule has 0 unspecified atom stereocenters. The van der Waals surface area contributed by atoms with Crippen LogP contribution in [0.15, 0.2) is 35.5 Å². The lowest BCUT2D eigenvalue weighted by atomic mass is 10.2. The van der Waals surface area contributed by atoms with Gasteiger partial charge in [0.15, 0.2) is 5.57 Å². The molecule has 1 aromatic rings. The molecule has 0 radical (unpaired) electrons. The van der Waals surface area contributed by atoms with E-state index in [0.29, 0.717) is 0 Å². The summed E-state index contributed by atoms with van der Waals surface area (Å²) in [5.74, 6) is -1.94. The van der Waals surface area contributed by atoms with E-state index in [4.69, 9.17) is 15.9 Å². The second-order valence-electron chi connectivity index (χ2n) is 3.27. The molecule has 1 amide bonds. The minimum Gasteiger partial charge on any atom is -0.511 e. The highest BCUT2D eigenvalue weighted by atomic mass is 19.4. The lowest BCUT2D eigenvalue weighted by Crippen LogP contribution is -2.15. The predicted octanol–water partition coefficient (Wildman–Crippen LogP) is 3.00. The Morgan fingerprint density at radius 2 is 1.95 bits per heavy atom. The number of hydrogen-bond donors (Lipinski definition) is 2. The number of amides is 1. The van der Waals surface area contributed by atoms with Crippen LogP contribution < -0.4 is 5.32 Å². The van der Waals surface area contributed by atoms with Gasteiger partial charge in [0, 0.05) is 5.69 Å². The number of allylic oxidation sites excluding steroid dienone is 1. The van der Waals surface area contributed by atoms with Crippen molar-refractivity contribution in [3.05, 3.63) is 41.1 Å². The van der Waals surface area contributed by atoms with Crippen LogP contribution in [0, 0.1) is 11.3 Å². The standard InChI is InChI=1S/C12H9F3N2O2/c1-7(18)10(6-16)11(19)17-9-4-2-8(3-5-9)12(13,14)15/h2-5,18H,1H3,(H,17,19)/b10-7-/i2D,3D,4D,5D. The van der Waals surface area contributed by atoms with E-state index in [0.717, 1.165) is 6.92 Å². The van der Waals surface area contributed by atoms with E-state index in [2.05, 4.69) is 0 Å². The van der Waals surface area contributed by atoms with Crippen LogP contribution in [-0.2, 0) is 11.0 Å². The highest BCUT2D eigenvalue weighted by Crippen LogP contribution is 2.29. The first-order valence-electron chi connectivity index (χ1n) is 6.72. The van der Waals surface area contributed by atoms with E-state index in [-0.39, 0.29) is 0 Å². The number of alkyl halides is 3. The Bertz CT molecular complexity index is 721. The smallest absolute Gasteiger partial charge is 0.416 e. The van der Waals surface area contributed by atoms with Gasteiger partial charge in [0.1, 0.15) is 11.8 Å². The van der Waals surface area contributed by atoms with Gasteiger partial charge in [0.05, 0.1) is 11.0 Å². The molecule has 0 aromatic heterocycles. The largest absolute Gasteiger partial charge is 0.511 e. The van der Waals surface area contributed by atoms with Crippen molar-refractivity contribution in [1.29, 1.82) is 5.26 Å². The van der Waals surface area contributed by atoms with Crippen molar-refractivity contribution in [3.63, 3.8) is 0 Å². The van der Waals surface area contributed by atoms with Crippen LogP contribution in [0.5, 0.6) is 0 Å². The number of nitriles is 1. The Hall–Kier alpha value is -2.49. The van der Waals surface area contributed by atoms with Crippen LogP contribution in [0.25, 0.3) is 0 Å². The maximum absolute atomic E-state index is 12.8. The number of rotatable bonds is 2. The summed E-state index contributed by atoms with van der Waals surface area (Å²) in [5, 5.41) is 19.6. The Kier molecular flexibility index (Phi) is 2.70. The van der Waals surface area contributed by atoms with E-state index in [1.165, 1.54) is 6.07 Å². The van der Waals surface area contributed by atoms with Crippen molar-refractivity contribution in [3.8, 4) is 6.07 Å². The van der Waals surface area contributed by atoms with Gasteiger partial charge in [-0.3, -0.25) is 4.79 Å². The first-order chi connectivity index (χ1) is 10.4. The number of benzene rings is 1. The molecule has 0 atom stereocenters. The van der Waals surface area contributed by atoms with Gasteiger partial charge in [-0.05, 0) is 31.1 Å². The molecule has 1 rings (SSSR count). The molecule has 0 saturated heterocycles. The number of carbonyl (C=O) groups excluding carboxylic acids is 1. The molecular weight excluding hydrogens is 261 g/mol. The molecule has 0 aliphatic carbocycles. The summed E-state index contributed by atoms with van der Waals surface area (Å²) in [6.45, 7) is 1.01. The molecule has 0 saturated carbocycles. The molecule has 0 aliphatic rings. The SMILES string of the molecule is [2H]c1c([2H])c(C(F)(F)F)c([2H])c([2H])c1NC(=O)/C(C#N)=C(/C)O. The molecule has 7 heteroatoms. The normalized spacial score (nSPS) is 15.3. The average Bonchev–Trinajstić information content (AvgIpc) is 2.40. The number of carbonyl (C=O) groups is 1. The van der Waals surface area contributed by atoms with Crippen molar-refractivity contribution in [1.82, 2.24) is 0 Å². The van der Waals surface area contributed by atoms with Gasteiger partial charge in [-0.15, -0.1) is 0 Å². The van der Waals surface area contributed by atoms with Gasteiger partial charge < -0.3 is 10.4 Å². The number of hydrogen-bond acceptors (Lipinski definition) is 3. The van der Waals surface area contributed by atoms with E-state index in [1.54, 1.807) is 0 Å². The zero-order valence-corrected chi connectivity index (χ0v) is 9.44. The van der Waals surface area contributed by atoms with Crippen molar-refractivity contribution in [2.75, 3.05) is 5.32 Å². The zero-order valence-electron chi connectivity index (χ0n) is 13.4. The number of anilines is 1. The monoisotopic (exact) mass is 274 g/mol. The lowest BCUT2D eigenvalue weighted by molar-refractivity contribution is -0.137. The molecule has 0 spiro atoms. The van der Waals surface area contributed by atoms with E-state index in [1.807, 2.05) is 5.32 Å². The number of nitrogens with one attached hydrogen (secondary N) is 1. The Balaban J connectivity index is 3.51. The van der Waals surface area contributed by atoms with Crippen LogP contribution in [-0.4, -0.2) is 11.0 Å². The zero-order chi connectivity index (χ0) is 18.1. The molecule has 0 aliphatic heterocycles. The summed E-state index contributed by atoms with van der Waals surface area (Å²) >= 11 is 0. The van der Waals surface area contributed by atoms with E-state index >= 15 is 0 Å². The van der Waals surface area contributed by atoms with Crippen molar-refractivity contribution >= 4 is 11.6 Å². The van der Waals surface area contributed by atoms with Crippen LogP contribution in [0.2, 0.25) is 0 Å². The summed E-state index contributed by atoms with van der Waals surface area (Å²) < 4.78 is 67.9. The highest BCUT2D eigenvalue weighted by molar-refractivity contribution is 6.06. The van der Waals surface area contributed by atoms with Crippen LogP contribution in [0.3, 0.4) is 0 Å². The molecule has 100 valence electrons. The second-order valence-corrected chi connectivity index (χ2v) is 3.27. The average molecular weight is 274 g/mol. The number of nitrogens with zero attached hydrogens (tertiary/aromatic N) is 1. The molecular formula is C12H9F3N2O2. The van der Waals surface area contributed by atoms with Crippen LogP contribution in [0.1, 0.15) is 18.0 Å². The molecule has 19 heavy (non-hydrogen) atoms. The fraction of sp³-hybridized carbons (Fsp3) is 0.167. The van der Waals surface area contributed by atoms with Crippen LogP contribution >= 0.6 is 0 Å². The third-order valence-electron chi connectivity index (χ3n) is 1.85. The first kappa shape index (κ1) is 9.44. The van der Waals surface area contributed by atoms with Gasteiger partial charge in [0.2, 0.25) is 0 Å². The molecule has 2 N–H and O–H groups in total. The third kappa shape index (κ3) is 3.74. The number of aliphatic hydroxyl groups is 1. The number of halogens is 3. The van der Waals surface area contributed by atoms with Crippen molar-refractivity contribution in [2.45, 2.75) is 13.1 Å². The van der Waals surface area contributed by atoms with Gasteiger partial charge in [-0.1, -0.05) is 0 Å². The molecule has 0 heterocycles. The Morgan fingerprint density at radius 1 is 1.42 bits per heavy atom. The highest BCUT2D eigenvalue weighted by Gasteiger charge is 2.30. The van der Waals surface area contributed by atoms with Crippen molar-refractivity contribution in [2.24, 2.45) is 0 Å².